The molecule has 0 radical (unpaired) electrons. The van der Waals surface area contributed by atoms with Gasteiger partial charge in [-0.1, -0.05) is 6.07 Å². The number of benzene rings is 3. The molecule has 1 aliphatic rings. The van der Waals surface area contributed by atoms with Crippen molar-refractivity contribution in [1.29, 1.82) is 5.26 Å². The van der Waals surface area contributed by atoms with Gasteiger partial charge in [-0.05, 0) is 36.4 Å². The first-order chi connectivity index (χ1) is 13.4. The Kier molecular flexibility index (Phi) is 3.97. The van der Waals surface area contributed by atoms with E-state index in [2.05, 4.69) is 5.32 Å². The molecule has 3 aromatic carbocycles. The third-order valence-electron chi connectivity index (χ3n) is 4.41. The molecule has 0 fully saturated rings. The van der Waals surface area contributed by atoms with Crippen molar-refractivity contribution < 1.29 is 22.8 Å². The Morgan fingerprint density at radius 1 is 0.786 bits per heavy atom. The minimum Gasteiger partial charge on any atom is -0.355 e. The highest BCUT2D eigenvalue weighted by molar-refractivity contribution is 6.28. The second-order valence-corrected chi connectivity index (χ2v) is 6.14. The summed E-state index contributed by atoms with van der Waals surface area (Å²) >= 11 is 0. The van der Waals surface area contributed by atoms with Gasteiger partial charge in [0.25, 0.3) is 0 Å². The highest BCUT2D eigenvalue weighted by Crippen LogP contribution is 2.33. The van der Waals surface area contributed by atoms with Crippen LogP contribution in [0.25, 0.3) is 0 Å². The van der Waals surface area contributed by atoms with Crippen LogP contribution < -0.4 is 5.32 Å². The smallest absolute Gasteiger partial charge is 0.197 e. The molecule has 0 spiro atoms. The number of nitrogens with one attached hydrogen (secondary N) is 1. The van der Waals surface area contributed by atoms with E-state index in [4.69, 9.17) is 5.26 Å². The minimum atomic E-state index is -1.55. The molecule has 28 heavy (non-hydrogen) atoms. The lowest BCUT2D eigenvalue weighted by Crippen LogP contribution is -2.24. The van der Waals surface area contributed by atoms with Crippen LogP contribution in [-0.4, -0.2) is 11.6 Å². The zero-order valence-corrected chi connectivity index (χ0v) is 14.0. The highest BCUT2D eigenvalue weighted by Gasteiger charge is 2.36. The van der Waals surface area contributed by atoms with Crippen molar-refractivity contribution in [3.63, 3.8) is 0 Å². The van der Waals surface area contributed by atoms with Gasteiger partial charge in [0.05, 0.1) is 22.8 Å². The lowest BCUT2D eigenvalue weighted by molar-refractivity contribution is 0.0971. The second kappa shape index (κ2) is 6.35. The SMILES string of the molecule is N#Cc1cccc(Nc2ccc3c(c2)C(=O)c2c(F)cc(F)c(F)c2C3=O)c1. The van der Waals surface area contributed by atoms with E-state index in [0.29, 0.717) is 16.9 Å². The Labute approximate surface area is 156 Å². The molecular weight excluding hydrogens is 369 g/mol. The Hall–Kier alpha value is -3.92. The van der Waals surface area contributed by atoms with Gasteiger partial charge in [-0.3, -0.25) is 9.59 Å². The molecular formula is C21H9F3N2O2. The fourth-order valence-electron chi connectivity index (χ4n) is 3.14. The summed E-state index contributed by atoms with van der Waals surface area (Å²) in [5.41, 5.74) is -0.545. The average Bonchev–Trinajstić information content (AvgIpc) is 2.69. The molecule has 7 heteroatoms. The number of anilines is 2. The highest BCUT2D eigenvalue weighted by atomic mass is 19.2. The van der Waals surface area contributed by atoms with Crippen LogP contribution in [0.15, 0.2) is 48.5 Å². The Bertz CT molecular complexity index is 1230. The Morgan fingerprint density at radius 3 is 2.25 bits per heavy atom. The van der Waals surface area contributed by atoms with Gasteiger partial charge in [-0.15, -0.1) is 0 Å². The van der Waals surface area contributed by atoms with Crippen LogP contribution in [0.3, 0.4) is 0 Å². The van der Waals surface area contributed by atoms with E-state index in [1.165, 1.54) is 18.2 Å². The van der Waals surface area contributed by atoms with Crippen molar-refractivity contribution >= 4 is 22.9 Å². The number of nitrogens with zero attached hydrogens (tertiary/aromatic N) is 1. The van der Waals surface area contributed by atoms with E-state index in [9.17, 15) is 22.8 Å². The molecule has 0 unspecified atom stereocenters. The van der Waals surface area contributed by atoms with Crippen molar-refractivity contribution in [3.8, 4) is 6.07 Å². The van der Waals surface area contributed by atoms with Gasteiger partial charge in [-0.25, -0.2) is 13.2 Å². The number of nitriles is 1. The zero-order chi connectivity index (χ0) is 20.0. The summed E-state index contributed by atoms with van der Waals surface area (Å²) in [6.07, 6.45) is 0. The van der Waals surface area contributed by atoms with E-state index in [-0.39, 0.29) is 17.2 Å². The van der Waals surface area contributed by atoms with Gasteiger partial charge >= 0.3 is 0 Å². The lowest BCUT2D eigenvalue weighted by Gasteiger charge is -2.19. The summed E-state index contributed by atoms with van der Waals surface area (Å²) in [5.74, 6) is -6.24. The molecule has 0 aliphatic heterocycles. The first kappa shape index (κ1) is 17.5. The maximum atomic E-state index is 14.1. The molecule has 0 heterocycles. The summed E-state index contributed by atoms with van der Waals surface area (Å²) in [5, 5.41) is 11.9. The predicted octanol–water partition coefficient (Wildman–Crippen LogP) is 4.49. The molecule has 3 aromatic rings. The van der Waals surface area contributed by atoms with Gasteiger partial charge < -0.3 is 5.32 Å². The Morgan fingerprint density at radius 2 is 1.50 bits per heavy atom. The number of carbonyl (C=O) groups is 2. The largest absolute Gasteiger partial charge is 0.355 e. The normalized spacial score (nSPS) is 12.2. The third kappa shape index (κ3) is 2.63. The van der Waals surface area contributed by atoms with Gasteiger partial charge in [0.15, 0.2) is 23.2 Å². The van der Waals surface area contributed by atoms with Crippen LogP contribution in [-0.2, 0) is 0 Å². The predicted molar refractivity (Wildman–Crippen MR) is 94.1 cm³/mol. The fourth-order valence-corrected chi connectivity index (χ4v) is 3.14. The number of halogens is 3. The number of fused-ring (bicyclic) bond motifs is 2. The standard InChI is InChI=1S/C21H9F3N2O2/c22-15-8-16(23)19(24)18-17(15)21(28)14-7-12(4-5-13(14)20(18)27)26-11-3-1-2-10(6-11)9-25/h1-8,26H. The van der Waals surface area contributed by atoms with Crippen molar-refractivity contribution in [2.45, 2.75) is 0 Å². The van der Waals surface area contributed by atoms with Gasteiger partial charge in [0.1, 0.15) is 5.82 Å². The van der Waals surface area contributed by atoms with E-state index in [0.717, 1.165) is 0 Å². The maximum Gasteiger partial charge on any atom is 0.197 e. The maximum absolute atomic E-state index is 14.1. The summed E-state index contributed by atoms with van der Waals surface area (Å²) in [4.78, 5) is 25.2. The van der Waals surface area contributed by atoms with Gasteiger partial charge in [0, 0.05) is 28.6 Å². The van der Waals surface area contributed by atoms with Gasteiger partial charge in [-0.2, -0.15) is 5.26 Å². The van der Waals surface area contributed by atoms with Crippen LogP contribution >= 0.6 is 0 Å². The molecule has 1 aliphatic carbocycles. The van der Waals surface area contributed by atoms with Crippen LogP contribution in [0.4, 0.5) is 24.5 Å². The van der Waals surface area contributed by atoms with Gasteiger partial charge in [0.2, 0.25) is 0 Å². The van der Waals surface area contributed by atoms with E-state index < -0.39 is 40.1 Å². The third-order valence-corrected chi connectivity index (χ3v) is 4.41. The topological polar surface area (TPSA) is 70.0 Å². The molecule has 0 saturated heterocycles. The van der Waals surface area contributed by atoms with Crippen molar-refractivity contribution in [2.24, 2.45) is 0 Å². The number of carbonyl (C=O) groups excluding carboxylic acids is 2. The van der Waals surface area contributed by atoms with Crippen LogP contribution in [0, 0.1) is 28.8 Å². The molecule has 0 atom stereocenters. The molecule has 0 bridgehead atoms. The summed E-state index contributed by atoms with van der Waals surface area (Å²) in [6.45, 7) is 0. The zero-order valence-electron chi connectivity index (χ0n) is 14.0. The number of ketones is 2. The first-order valence-electron chi connectivity index (χ1n) is 8.09. The summed E-state index contributed by atoms with van der Waals surface area (Å²) in [6, 6.07) is 12.9. The quantitative estimate of drug-likeness (QED) is 0.522. The summed E-state index contributed by atoms with van der Waals surface area (Å²) in [7, 11) is 0. The van der Waals surface area contributed by atoms with E-state index >= 15 is 0 Å². The van der Waals surface area contributed by atoms with E-state index in [1.54, 1.807) is 24.3 Å². The van der Waals surface area contributed by atoms with Crippen molar-refractivity contribution in [2.75, 3.05) is 5.32 Å². The van der Waals surface area contributed by atoms with Crippen LogP contribution in [0.2, 0.25) is 0 Å². The van der Waals surface area contributed by atoms with Crippen molar-refractivity contribution in [3.05, 3.63) is 93.8 Å². The summed E-state index contributed by atoms with van der Waals surface area (Å²) < 4.78 is 41.7. The molecule has 136 valence electrons. The second-order valence-electron chi connectivity index (χ2n) is 6.14. The molecule has 0 aromatic heterocycles. The minimum absolute atomic E-state index is 0.121. The first-order valence-corrected chi connectivity index (χ1v) is 8.09. The van der Waals surface area contributed by atoms with Crippen LogP contribution in [0.5, 0.6) is 0 Å². The number of rotatable bonds is 2. The molecule has 0 amide bonds. The monoisotopic (exact) mass is 378 g/mol. The fraction of sp³-hybridized carbons (Fsp3) is 0. The molecule has 4 nitrogen and oxygen atoms in total. The van der Waals surface area contributed by atoms with Crippen molar-refractivity contribution in [1.82, 2.24) is 0 Å². The Balaban J connectivity index is 1.80. The van der Waals surface area contributed by atoms with Crippen LogP contribution in [0.1, 0.15) is 37.4 Å². The molecule has 1 N–H and O–H groups in total. The average molecular weight is 378 g/mol. The number of hydrogen-bond acceptors (Lipinski definition) is 4. The molecule has 0 saturated carbocycles. The molecule has 4 rings (SSSR count). The van der Waals surface area contributed by atoms with E-state index in [1.807, 2.05) is 6.07 Å². The lowest BCUT2D eigenvalue weighted by atomic mass is 9.83. The number of hydrogen-bond donors (Lipinski definition) is 1.